The maximum atomic E-state index is 12.1. The number of nitrogens with zero attached hydrogens (tertiary/aromatic N) is 3. The molecule has 0 saturated carbocycles. The number of hydrogen-bond donors (Lipinski definition) is 2. The van der Waals surface area contributed by atoms with Crippen LogP contribution < -0.4 is 16.6 Å². The van der Waals surface area contributed by atoms with Crippen LogP contribution in [0.4, 0.5) is 17.5 Å². The molecule has 0 aliphatic heterocycles. The van der Waals surface area contributed by atoms with Gasteiger partial charge in [-0.3, -0.25) is 4.79 Å². The van der Waals surface area contributed by atoms with Gasteiger partial charge < -0.3 is 15.6 Å². The fourth-order valence-electron chi connectivity index (χ4n) is 2.19. The fourth-order valence-corrected chi connectivity index (χ4v) is 2.19. The van der Waals surface area contributed by atoms with E-state index >= 15 is 0 Å². The zero-order valence-electron chi connectivity index (χ0n) is 11.8. The lowest BCUT2D eigenvalue weighted by Crippen LogP contribution is -2.17. The van der Waals surface area contributed by atoms with E-state index < -0.39 is 0 Å². The van der Waals surface area contributed by atoms with E-state index in [0.29, 0.717) is 17.0 Å². The number of fused-ring (bicyclic) bond motifs is 1. The van der Waals surface area contributed by atoms with Crippen LogP contribution in [-0.4, -0.2) is 14.5 Å². The minimum absolute atomic E-state index is 0.155. The number of pyridine rings is 3. The number of anilines is 3. The zero-order valence-corrected chi connectivity index (χ0v) is 11.8. The lowest BCUT2D eigenvalue weighted by molar-refractivity contribution is 0.873. The first-order chi connectivity index (χ1) is 10.1. The second kappa shape index (κ2) is 4.90. The van der Waals surface area contributed by atoms with Gasteiger partial charge >= 0.3 is 0 Å². The number of nitrogen functional groups attached to an aromatic ring is 1. The van der Waals surface area contributed by atoms with E-state index in [1.807, 2.05) is 25.1 Å². The first kappa shape index (κ1) is 13.1. The Hall–Kier alpha value is -2.89. The van der Waals surface area contributed by atoms with Gasteiger partial charge in [-0.2, -0.15) is 0 Å². The second-order valence-electron chi connectivity index (χ2n) is 4.88. The molecule has 0 aromatic carbocycles. The van der Waals surface area contributed by atoms with E-state index in [1.165, 1.54) is 4.57 Å². The Kier molecular flexibility index (Phi) is 3.06. The average Bonchev–Trinajstić information content (AvgIpc) is 2.45. The van der Waals surface area contributed by atoms with Crippen molar-refractivity contribution in [1.82, 2.24) is 14.5 Å². The number of rotatable bonds is 2. The minimum Gasteiger partial charge on any atom is -0.383 e. The molecule has 21 heavy (non-hydrogen) atoms. The van der Waals surface area contributed by atoms with Gasteiger partial charge in [0.1, 0.15) is 17.5 Å². The van der Waals surface area contributed by atoms with Gasteiger partial charge in [0, 0.05) is 19.4 Å². The Morgan fingerprint density at radius 3 is 2.90 bits per heavy atom. The van der Waals surface area contributed by atoms with Crippen LogP contribution in [-0.2, 0) is 7.05 Å². The largest absolute Gasteiger partial charge is 0.383 e. The smallest absolute Gasteiger partial charge is 0.261 e. The SMILES string of the molecule is Cc1cccnc1Nc1cc2ccn(C)c(=O)c2c(N)n1. The van der Waals surface area contributed by atoms with Crippen molar-refractivity contribution in [2.45, 2.75) is 6.92 Å². The summed E-state index contributed by atoms with van der Waals surface area (Å²) < 4.78 is 1.48. The van der Waals surface area contributed by atoms with E-state index in [9.17, 15) is 4.79 Å². The topological polar surface area (TPSA) is 85.8 Å². The van der Waals surface area contributed by atoms with E-state index in [2.05, 4.69) is 15.3 Å². The standard InChI is InChI=1S/C15H15N5O/c1-9-4-3-6-17-14(9)19-11-8-10-5-7-20(2)15(21)12(10)13(16)18-11/h3-8H,1-2H3,(H3,16,17,18,19). The third-order valence-corrected chi connectivity index (χ3v) is 3.35. The maximum Gasteiger partial charge on any atom is 0.261 e. The van der Waals surface area contributed by atoms with Crippen LogP contribution in [0.3, 0.4) is 0 Å². The number of hydrogen-bond acceptors (Lipinski definition) is 5. The summed E-state index contributed by atoms with van der Waals surface area (Å²) in [5, 5.41) is 4.31. The minimum atomic E-state index is -0.155. The first-order valence-electron chi connectivity index (χ1n) is 6.51. The molecule has 0 spiro atoms. The highest BCUT2D eigenvalue weighted by atomic mass is 16.1. The summed E-state index contributed by atoms with van der Waals surface area (Å²) in [4.78, 5) is 20.6. The molecule has 6 nitrogen and oxygen atoms in total. The van der Waals surface area contributed by atoms with Gasteiger partial charge in [0.15, 0.2) is 0 Å². The van der Waals surface area contributed by atoms with E-state index in [1.54, 1.807) is 25.5 Å². The van der Waals surface area contributed by atoms with Crippen LogP contribution >= 0.6 is 0 Å². The van der Waals surface area contributed by atoms with E-state index in [-0.39, 0.29) is 11.4 Å². The average molecular weight is 281 g/mol. The molecule has 0 fully saturated rings. The lowest BCUT2D eigenvalue weighted by atomic mass is 10.2. The summed E-state index contributed by atoms with van der Waals surface area (Å²) in [6.07, 6.45) is 3.41. The quantitative estimate of drug-likeness (QED) is 0.750. The summed E-state index contributed by atoms with van der Waals surface area (Å²) in [7, 11) is 1.69. The molecule has 6 heteroatoms. The van der Waals surface area contributed by atoms with Crippen molar-refractivity contribution in [1.29, 1.82) is 0 Å². The molecule has 3 heterocycles. The summed E-state index contributed by atoms with van der Waals surface area (Å²) in [6.45, 7) is 1.95. The van der Waals surface area contributed by atoms with Crippen molar-refractivity contribution < 1.29 is 0 Å². The van der Waals surface area contributed by atoms with Crippen LogP contribution in [0.25, 0.3) is 10.8 Å². The Balaban J connectivity index is 2.12. The van der Waals surface area contributed by atoms with Crippen molar-refractivity contribution in [3.8, 4) is 0 Å². The fraction of sp³-hybridized carbons (Fsp3) is 0.133. The summed E-state index contributed by atoms with van der Waals surface area (Å²) >= 11 is 0. The molecule has 3 rings (SSSR count). The second-order valence-corrected chi connectivity index (χ2v) is 4.88. The van der Waals surface area contributed by atoms with Crippen LogP contribution in [0, 0.1) is 6.92 Å². The van der Waals surface area contributed by atoms with Crippen molar-refractivity contribution in [3.05, 3.63) is 52.6 Å². The summed E-state index contributed by atoms with van der Waals surface area (Å²) in [6, 6.07) is 7.45. The molecule has 0 atom stereocenters. The van der Waals surface area contributed by atoms with Gasteiger partial charge in [-0.25, -0.2) is 9.97 Å². The molecule has 0 aliphatic rings. The number of nitrogens with one attached hydrogen (secondary N) is 1. The molecule has 0 aliphatic carbocycles. The normalized spacial score (nSPS) is 10.8. The molecular formula is C15H15N5O. The Morgan fingerprint density at radius 1 is 1.33 bits per heavy atom. The maximum absolute atomic E-state index is 12.1. The van der Waals surface area contributed by atoms with Gasteiger partial charge in [-0.15, -0.1) is 0 Å². The number of aryl methyl sites for hydroxylation is 2. The molecule has 3 N–H and O–H groups in total. The number of nitrogens with two attached hydrogens (primary N) is 1. The molecule has 3 aromatic heterocycles. The predicted molar refractivity (Wildman–Crippen MR) is 83.7 cm³/mol. The molecule has 106 valence electrons. The Morgan fingerprint density at radius 2 is 2.14 bits per heavy atom. The third-order valence-electron chi connectivity index (χ3n) is 3.35. The van der Waals surface area contributed by atoms with Gasteiger partial charge in [0.25, 0.3) is 5.56 Å². The van der Waals surface area contributed by atoms with Crippen molar-refractivity contribution >= 4 is 28.2 Å². The van der Waals surface area contributed by atoms with Crippen LogP contribution in [0.1, 0.15) is 5.56 Å². The van der Waals surface area contributed by atoms with Crippen molar-refractivity contribution in [3.63, 3.8) is 0 Å². The Bertz CT molecular complexity index is 885. The zero-order chi connectivity index (χ0) is 15.0. The Labute approximate surface area is 121 Å². The molecular weight excluding hydrogens is 266 g/mol. The predicted octanol–water partition coefficient (Wildman–Crippen LogP) is 1.96. The molecule has 0 bridgehead atoms. The van der Waals surface area contributed by atoms with Crippen LogP contribution in [0.15, 0.2) is 41.5 Å². The molecule has 0 radical (unpaired) electrons. The van der Waals surface area contributed by atoms with E-state index in [4.69, 9.17) is 5.73 Å². The van der Waals surface area contributed by atoms with Crippen LogP contribution in [0.2, 0.25) is 0 Å². The van der Waals surface area contributed by atoms with Crippen molar-refractivity contribution in [2.24, 2.45) is 7.05 Å². The van der Waals surface area contributed by atoms with Gasteiger partial charge in [0.05, 0.1) is 5.39 Å². The van der Waals surface area contributed by atoms with Crippen LogP contribution in [0.5, 0.6) is 0 Å². The van der Waals surface area contributed by atoms with E-state index in [0.717, 1.165) is 10.9 Å². The van der Waals surface area contributed by atoms with Gasteiger partial charge in [-0.1, -0.05) is 6.07 Å². The molecule has 0 saturated heterocycles. The molecule has 3 aromatic rings. The first-order valence-corrected chi connectivity index (χ1v) is 6.51. The third kappa shape index (κ3) is 2.31. The monoisotopic (exact) mass is 281 g/mol. The lowest BCUT2D eigenvalue weighted by Gasteiger charge is -2.10. The number of aromatic nitrogens is 3. The van der Waals surface area contributed by atoms with Gasteiger partial charge in [0.2, 0.25) is 0 Å². The van der Waals surface area contributed by atoms with Crippen molar-refractivity contribution in [2.75, 3.05) is 11.1 Å². The van der Waals surface area contributed by atoms with Gasteiger partial charge in [-0.05, 0) is 36.1 Å². The summed E-state index contributed by atoms with van der Waals surface area (Å²) in [5.41, 5.74) is 6.78. The molecule has 0 amide bonds. The highest BCUT2D eigenvalue weighted by molar-refractivity contribution is 5.92. The highest BCUT2D eigenvalue weighted by Gasteiger charge is 2.09. The highest BCUT2D eigenvalue weighted by Crippen LogP contribution is 2.22. The molecule has 0 unspecified atom stereocenters. The summed E-state index contributed by atoms with van der Waals surface area (Å²) in [5.74, 6) is 1.49.